The van der Waals surface area contributed by atoms with Gasteiger partial charge >= 0.3 is 0 Å². The van der Waals surface area contributed by atoms with Crippen molar-refractivity contribution < 1.29 is 5.11 Å². The molecule has 2 heterocycles. The number of pyridine rings is 1. The zero-order chi connectivity index (χ0) is 11.5. The lowest BCUT2D eigenvalue weighted by atomic mass is 10.2. The Labute approximate surface area is 94.0 Å². The van der Waals surface area contributed by atoms with Gasteiger partial charge in [0, 0.05) is 11.4 Å². The fourth-order valence-electron chi connectivity index (χ4n) is 1.53. The first kappa shape index (κ1) is 10.7. The third-order valence-electron chi connectivity index (χ3n) is 2.18. The lowest BCUT2D eigenvalue weighted by molar-refractivity contribution is 0.277. The van der Waals surface area contributed by atoms with Gasteiger partial charge in [0.2, 0.25) is 0 Å². The number of hydrogen-bond acceptors (Lipinski definition) is 4. The molecule has 0 aliphatic rings. The Bertz CT molecular complexity index is 491. The summed E-state index contributed by atoms with van der Waals surface area (Å²) in [5, 5.41) is 9.01. The highest BCUT2D eigenvalue weighted by Crippen LogP contribution is 2.13. The number of aryl methyl sites for hydroxylation is 2. The molecule has 2 aromatic rings. The standard InChI is InChI=1S/C12H13N3O/c1-8-6-9(2)14-12(13-8)11-5-3-4-10(7-16)15-11/h3-6,16H,7H2,1-2H3. The van der Waals surface area contributed by atoms with E-state index in [0.717, 1.165) is 11.4 Å². The normalized spacial score (nSPS) is 10.4. The van der Waals surface area contributed by atoms with Crippen LogP contribution in [0.25, 0.3) is 11.5 Å². The molecule has 0 aromatic carbocycles. The zero-order valence-electron chi connectivity index (χ0n) is 9.31. The molecule has 0 bridgehead atoms. The number of rotatable bonds is 2. The van der Waals surface area contributed by atoms with Gasteiger partial charge in [-0.25, -0.2) is 15.0 Å². The second-order valence-corrected chi connectivity index (χ2v) is 3.65. The molecular weight excluding hydrogens is 202 g/mol. The molecule has 1 N–H and O–H groups in total. The maximum absolute atomic E-state index is 9.01. The van der Waals surface area contributed by atoms with Crippen molar-refractivity contribution in [2.45, 2.75) is 20.5 Å². The molecule has 0 aliphatic carbocycles. The first-order valence-electron chi connectivity index (χ1n) is 5.08. The number of aliphatic hydroxyl groups excluding tert-OH is 1. The molecule has 0 atom stereocenters. The quantitative estimate of drug-likeness (QED) is 0.827. The number of aromatic nitrogens is 3. The molecule has 4 heteroatoms. The van der Waals surface area contributed by atoms with Crippen molar-refractivity contribution in [1.29, 1.82) is 0 Å². The van der Waals surface area contributed by atoms with E-state index >= 15 is 0 Å². The van der Waals surface area contributed by atoms with Gasteiger partial charge in [0.15, 0.2) is 5.82 Å². The third kappa shape index (κ3) is 2.23. The van der Waals surface area contributed by atoms with Crippen LogP contribution < -0.4 is 0 Å². The summed E-state index contributed by atoms with van der Waals surface area (Å²) in [5.41, 5.74) is 3.15. The SMILES string of the molecule is Cc1cc(C)nc(-c2cccc(CO)n2)n1. The maximum Gasteiger partial charge on any atom is 0.178 e. The molecule has 2 rings (SSSR count). The second kappa shape index (κ2) is 4.37. The third-order valence-corrected chi connectivity index (χ3v) is 2.18. The van der Waals surface area contributed by atoms with Gasteiger partial charge in [0.05, 0.1) is 12.3 Å². The van der Waals surface area contributed by atoms with Crippen LogP contribution in [0.3, 0.4) is 0 Å². The minimum atomic E-state index is -0.0708. The molecule has 0 amide bonds. The highest BCUT2D eigenvalue weighted by atomic mass is 16.3. The van der Waals surface area contributed by atoms with E-state index in [1.54, 1.807) is 6.07 Å². The van der Waals surface area contributed by atoms with Gasteiger partial charge in [0.25, 0.3) is 0 Å². The van der Waals surface area contributed by atoms with E-state index in [4.69, 9.17) is 5.11 Å². The molecule has 0 unspecified atom stereocenters. The van der Waals surface area contributed by atoms with Crippen LogP contribution >= 0.6 is 0 Å². The van der Waals surface area contributed by atoms with Gasteiger partial charge in [0.1, 0.15) is 5.69 Å². The first-order chi connectivity index (χ1) is 7.69. The molecule has 82 valence electrons. The molecule has 0 saturated carbocycles. The predicted molar refractivity (Wildman–Crippen MR) is 60.7 cm³/mol. The second-order valence-electron chi connectivity index (χ2n) is 3.65. The van der Waals surface area contributed by atoms with E-state index in [1.807, 2.05) is 32.0 Å². The number of nitrogens with zero attached hydrogens (tertiary/aromatic N) is 3. The Morgan fingerprint density at radius 2 is 1.75 bits per heavy atom. The molecule has 0 fully saturated rings. The van der Waals surface area contributed by atoms with Crippen LogP contribution in [0.15, 0.2) is 24.3 Å². The van der Waals surface area contributed by atoms with Crippen LogP contribution in [-0.2, 0) is 6.61 Å². The topological polar surface area (TPSA) is 58.9 Å². The van der Waals surface area contributed by atoms with E-state index in [0.29, 0.717) is 17.2 Å². The van der Waals surface area contributed by atoms with E-state index in [1.165, 1.54) is 0 Å². The summed E-state index contributed by atoms with van der Waals surface area (Å²) < 4.78 is 0. The Morgan fingerprint density at radius 3 is 2.38 bits per heavy atom. The lowest BCUT2D eigenvalue weighted by Gasteiger charge is -2.03. The predicted octanol–water partition coefficient (Wildman–Crippen LogP) is 1.65. The zero-order valence-corrected chi connectivity index (χ0v) is 9.31. The Kier molecular flexibility index (Phi) is 2.92. The maximum atomic E-state index is 9.01. The summed E-state index contributed by atoms with van der Waals surface area (Å²) in [5.74, 6) is 0.604. The summed E-state index contributed by atoms with van der Waals surface area (Å²) in [6, 6.07) is 7.37. The van der Waals surface area contributed by atoms with Gasteiger partial charge in [-0.1, -0.05) is 6.07 Å². The minimum Gasteiger partial charge on any atom is -0.390 e. The summed E-state index contributed by atoms with van der Waals surface area (Å²) >= 11 is 0. The van der Waals surface area contributed by atoms with Crippen molar-refractivity contribution in [3.8, 4) is 11.5 Å². The molecule has 0 aliphatic heterocycles. The van der Waals surface area contributed by atoms with E-state index in [-0.39, 0.29) is 6.61 Å². The van der Waals surface area contributed by atoms with Gasteiger partial charge in [-0.3, -0.25) is 0 Å². The average molecular weight is 215 g/mol. The Morgan fingerprint density at radius 1 is 1.06 bits per heavy atom. The van der Waals surface area contributed by atoms with Crippen LogP contribution in [-0.4, -0.2) is 20.1 Å². The van der Waals surface area contributed by atoms with E-state index in [9.17, 15) is 0 Å². The molecule has 0 spiro atoms. The van der Waals surface area contributed by atoms with E-state index in [2.05, 4.69) is 15.0 Å². The van der Waals surface area contributed by atoms with Crippen molar-refractivity contribution in [2.24, 2.45) is 0 Å². The summed E-state index contributed by atoms with van der Waals surface area (Å²) in [4.78, 5) is 12.9. The van der Waals surface area contributed by atoms with Crippen molar-refractivity contribution in [3.05, 3.63) is 41.3 Å². The first-order valence-corrected chi connectivity index (χ1v) is 5.08. The van der Waals surface area contributed by atoms with Crippen LogP contribution in [0.1, 0.15) is 17.1 Å². The molecule has 16 heavy (non-hydrogen) atoms. The molecule has 0 saturated heterocycles. The van der Waals surface area contributed by atoms with E-state index < -0.39 is 0 Å². The van der Waals surface area contributed by atoms with Crippen LogP contribution in [0, 0.1) is 13.8 Å². The molecule has 0 radical (unpaired) electrons. The minimum absolute atomic E-state index is 0.0708. The van der Waals surface area contributed by atoms with Gasteiger partial charge < -0.3 is 5.11 Å². The number of hydrogen-bond donors (Lipinski definition) is 1. The van der Waals surface area contributed by atoms with Crippen molar-refractivity contribution in [3.63, 3.8) is 0 Å². The van der Waals surface area contributed by atoms with Gasteiger partial charge in [-0.15, -0.1) is 0 Å². The molecule has 2 aromatic heterocycles. The average Bonchev–Trinajstić information content (AvgIpc) is 2.28. The van der Waals surface area contributed by atoms with Crippen LogP contribution in [0.2, 0.25) is 0 Å². The lowest BCUT2D eigenvalue weighted by Crippen LogP contribution is -1.98. The Hall–Kier alpha value is -1.81. The van der Waals surface area contributed by atoms with Crippen LogP contribution in [0.5, 0.6) is 0 Å². The van der Waals surface area contributed by atoms with Crippen LogP contribution in [0.4, 0.5) is 0 Å². The number of aliphatic hydroxyl groups is 1. The molecule has 4 nitrogen and oxygen atoms in total. The summed E-state index contributed by atoms with van der Waals surface area (Å²) in [6.45, 7) is 3.78. The monoisotopic (exact) mass is 215 g/mol. The fraction of sp³-hybridized carbons (Fsp3) is 0.250. The molecular formula is C12H13N3O. The van der Waals surface area contributed by atoms with Crippen molar-refractivity contribution in [1.82, 2.24) is 15.0 Å². The highest BCUT2D eigenvalue weighted by Gasteiger charge is 2.05. The Balaban J connectivity index is 2.49. The highest BCUT2D eigenvalue weighted by molar-refractivity contribution is 5.49. The van der Waals surface area contributed by atoms with Crippen molar-refractivity contribution >= 4 is 0 Å². The van der Waals surface area contributed by atoms with Gasteiger partial charge in [-0.2, -0.15) is 0 Å². The summed E-state index contributed by atoms with van der Waals surface area (Å²) in [7, 11) is 0. The smallest absolute Gasteiger partial charge is 0.178 e. The summed E-state index contributed by atoms with van der Waals surface area (Å²) in [6.07, 6.45) is 0. The largest absolute Gasteiger partial charge is 0.390 e. The van der Waals surface area contributed by atoms with Crippen molar-refractivity contribution in [2.75, 3.05) is 0 Å². The fourth-order valence-corrected chi connectivity index (χ4v) is 1.53. The van der Waals surface area contributed by atoms with Gasteiger partial charge in [-0.05, 0) is 32.0 Å².